The fourth-order valence-corrected chi connectivity index (χ4v) is 1.96. The smallest absolute Gasteiger partial charge is 0.159 e. The van der Waals surface area contributed by atoms with Gasteiger partial charge in [-0.15, -0.1) is 0 Å². The van der Waals surface area contributed by atoms with Gasteiger partial charge in [0.15, 0.2) is 5.65 Å². The highest BCUT2D eigenvalue weighted by molar-refractivity contribution is 5.71. The van der Waals surface area contributed by atoms with E-state index in [1.54, 1.807) is 0 Å². The second-order valence-corrected chi connectivity index (χ2v) is 4.98. The van der Waals surface area contributed by atoms with Gasteiger partial charge in [0.25, 0.3) is 0 Å². The fraction of sp³-hybridized carbons (Fsp3) is 0.538. The number of hydrogen-bond acceptors (Lipinski definition) is 2. The van der Waals surface area contributed by atoms with Crippen LogP contribution in [-0.4, -0.2) is 14.5 Å². The zero-order valence-electron chi connectivity index (χ0n) is 10.4. The van der Waals surface area contributed by atoms with Crippen molar-refractivity contribution in [2.24, 2.45) is 5.92 Å². The molecule has 0 unspecified atom stereocenters. The highest BCUT2D eigenvalue weighted by Gasteiger charge is 2.14. The van der Waals surface area contributed by atoms with E-state index < -0.39 is 0 Å². The Bertz CT molecular complexity index is 483. The van der Waals surface area contributed by atoms with E-state index in [1.807, 2.05) is 18.3 Å². The lowest BCUT2D eigenvalue weighted by Gasteiger charge is -2.12. The summed E-state index contributed by atoms with van der Waals surface area (Å²) in [7, 11) is 0. The molecule has 0 amide bonds. The number of nitrogens with zero attached hydrogens (tertiary/aromatic N) is 3. The van der Waals surface area contributed by atoms with E-state index in [9.17, 15) is 0 Å². The van der Waals surface area contributed by atoms with Gasteiger partial charge in [0.2, 0.25) is 0 Å². The Morgan fingerprint density at radius 2 is 2.00 bits per heavy atom. The molecule has 0 saturated carbocycles. The molecule has 2 rings (SSSR count). The van der Waals surface area contributed by atoms with Crippen LogP contribution in [0.5, 0.6) is 0 Å². The zero-order valence-corrected chi connectivity index (χ0v) is 10.4. The van der Waals surface area contributed by atoms with E-state index in [2.05, 4.69) is 42.2 Å². The summed E-state index contributed by atoms with van der Waals surface area (Å²) >= 11 is 0. The normalized spacial score (nSPS) is 11.9. The lowest BCUT2D eigenvalue weighted by Crippen LogP contribution is -2.10. The van der Waals surface area contributed by atoms with E-state index in [0.717, 1.165) is 23.5 Å². The molecule has 16 heavy (non-hydrogen) atoms. The van der Waals surface area contributed by atoms with Crippen LogP contribution in [0, 0.1) is 5.92 Å². The predicted molar refractivity (Wildman–Crippen MR) is 66.5 cm³/mol. The van der Waals surface area contributed by atoms with Crippen LogP contribution in [0.25, 0.3) is 11.2 Å². The minimum absolute atomic E-state index is 0.438. The van der Waals surface area contributed by atoms with Crippen molar-refractivity contribution in [1.29, 1.82) is 0 Å². The maximum atomic E-state index is 4.67. The van der Waals surface area contributed by atoms with Crippen molar-refractivity contribution in [3.05, 3.63) is 24.2 Å². The summed E-state index contributed by atoms with van der Waals surface area (Å²) in [5.41, 5.74) is 2.02. The van der Waals surface area contributed by atoms with Gasteiger partial charge >= 0.3 is 0 Å². The first kappa shape index (κ1) is 11.1. The first-order chi connectivity index (χ1) is 7.59. The molecule has 0 fully saturated rings. The van der Waals surface area contributed by atoms with E-state index in [4.69, 9.17) is 0 Å². The van der Waals surface area contributed by atoms with Gasteiger partial charge in [0, 0.05) is 18.7 Å². The van der Waals surface area contributed by atoms with Gasteiger partial charge in [-0.3, -0.25) is 0 Å². The summed E-state index contributed by atoms with van der Waals surface area (Å²) in [5, 5.41) is 0. The van der Waals surface area contributed by atoms with Crippen molar-refractivity contribution in [3.8, 4) is 0 Å². The van der Waals surface area contributed by atoms with Crippen molar-refractivity contribution in [2.75, 3.05) is 0 Å². The second kappa shape index (κ2) is 4.24. The lowest BCUT2D eigenvalue weighted by atomic mass is 10.2. The molecule has 86 valence electrons. The summed E-state index contributed by atoms with van der Waals surface area (Å²) < 4.78 is 2.25. The second-order valence-electron chi connectivity index (χ2n) is 4.98. The molecule has 2 aromatic rings. The van der Waals surface area contributed by atoms with Crippen LogP contribution in [0.3, 0.4) is 0 Å². The monoisotopic (exact) mass is 217 g/mol. The molecule has 0 aromatic carbocycles. The van der Waals surface area contributed by atoms with Crippen LogP contribution >= 0.6 is 0 Å². The van der Waals surface area contributed by atoms with Crippen LogP contribution in [0.4, 0.5) is 0 Å². The highest BCUT2D eigenvalue weighted by atomic mass is 15.1. The zero-order chi connectivity index (χ0) is 11.7. The highest BCUT2D eigenvalue weighted by Crippen LogP contribution is 2.21. The molecule has 2 heterocycles. The van der Waals surface area contributed by atoms with Gasteiger partial charge in [-0.1, -0.05) is 27.7 Å². The molecule has 0 bridgehead atoms. The molecule has 0 radical (unpaired) electrons. The third kappa shape index (κ3) is 1.94. The third-order valence-electron chi connectivity index (χ3n) is 2.60. The maximum absolute atomic E-state index is 4.67. The van der Waals surface area contributed by atoms with Gasteiger partial charge in [-0.2, -0.15) is 0 Å². The molecule has 0 aliphatic rings. The number of pyridine rings is 1. The van der Waals surface area contributed by atoms with Gasteiger partial charge in [0.1, 0.15) is 11.3 Å². The number of aromatic nitrogens is 3. The minimum atomic E-state index is 0.438. The molecular formula is C13H19N3. The molecule has 0 aliphatic heterocycles. The predicted octanol–water partition coefficient (Wildman–Crippen LogP) is 3.21. The molecular weight excluding hydrogens is 198 g/mol. The van der Waals surface area contributed by atoms with E-state index in [0.29, 0.717) is 11.8 Å². The topological polar surface area (TPSA) is 30.7 Å². The van der Waals surface area contributed by atoms with Gasteiger partial charge in [-0.05, 0) is 18.1 Å². The molecule has 3 heteroatoms. The molecule has 0 spiro atoms. The number of rotatable bonds is 3. The quantitative estimate of drug-likeness (QED) is 0.790. The van der Waals surface area contributed by atoms with E-state index >= 15 is 0 Å². The Labute approximate surface area is 96.5 Å². The summed E-state index contributed by atoms with van der Waals surface area (Å²) in [4.78, 5) is 9.10. The average molecular weight is 217 g/mol. The Morgan fingerprint density at radius 1 is 1.25 bits per heavy atom. The Kier molecular flexibility index (Phi) is 2.95. The van der Waals surface area contributed by atoms with Gasteiger partial charge in [-0.25, -0.2) is 9.97 Å². The van der Waals surface area contributed by atoms with Crippen LogP contribution in [0.2, 0.25) is 0 Å². The van der Waals surface area contributed by atoms with Crippen LogP contribution in [-0.2, 0) is 6.54 Å². The van der Waals surface area contributed by atoms with Crippen LogP contribution in [0.1, 0.15) is 39.4 Å². The van der Waals surface area contributed by atoms with Crippen molar-refractivity contribution < 1.29 is 0 Å². The van der Waals surface area contributed by atoms with Gasteiger partial charge < -0.3 is 4.57 Å². The van der Waals surface area contributed by atoms with Crippen LogP contribution < -0.4 is 0 Å². The van der Waals surface area contributed by atoms with Crippen LogP contribution in [0.15, 0.2) is 18.3 Å². The lowest BCUT2D eigenvalue weighted by molar-refractivity contribution is 0.506. The Morgan fingerprint density at radius 3 is 2.62 bits per heavy atom. The van der Waals surface area contributed by atoms with Crippen molar-refractivity contribution in [1.82, 2.24) is 14.5 Å². The van der Waals surface area contributed by atoms with Gasteiger partial charge in [0.05, 0.1) is 0 Å². The van der Waals surface area contributed by atoms with Crippen molar-refractivity contribution in [3.63, 3.8) is 0 Å². The third-order valence-corrected chi connectivity index (χ3v) is 2.60. The Hall–Kier alpha value is -1.38. The standard InChI is InChI=1S/C13H19N3/c1-9(2)8-16-12(10(3)4)15-11-6-5-7-14-13(11)16/h5-7,9-10H,8H2,1-4H3. The largest absolute Gasteiger partial charge is 0.312 e. The maximum Gasteiger partial charge on any atom is 0.159 e. The van der Waals surface area contributed by atoms with E-state index in [1.165, 1.54) is 0 Å². The molecule has 0 N–H and O–H groups in total. The SMILES string of the molecule is CC(C)Cn1c(C(C)C)nc2cccnc21. The summed E-state index contributed by atoms with van der Waals surface area (Å²) in [6.45, 7) is 9.79. The molecule has 2 aromatic heterocycles. The van der Waals surface area contributed by atoms with E-state index in [-0.39, 0.29) is 0 Å². The summed E-state index contributed by atoms with van der Waals surface area (Å²) in [5.74, 6) is 2.19. The molecule has 3 nitrogen and oxygen atoms in total. The molecule has 0 atom stereocenters. The molecule has 0 saturated heterocycles. The van der Waals surface area contributed by atoms with Crippen molar-refractivity contribution in [2.45, 2.75) is 40.2 Å². The summed E-state index contributed by atoms with van der Waals surface area (Å²) in [6.07, 6.45) is 1.84. The number of fused-ring (bicyclic) bond motifs is 1. The average Bonchev–Trinajstić information content (AvgIpc) is 2.57. The number of imidazole rings is 1. The fourth-order valence-electron chi connectivity index (χ4n) is 1.96. The Balaban J connectivity index is 2.60. The number of hydrogen-bond donors (Lipinski definition) is 0. The van der Waals surface area contributed by atoms with Crippen molar-refractivity contribution >= 4 is 11.2 Å². The first-order valence-electron chi connectivity index (χ1n) is 5.90. The summed E-state index contributed by atoms with van der Waals surface area (Å²) in [6, 6.07) is 3.98. The molecule has 0 aliphatic carbocycles. The first-order valence-corrected chi connectivity index (χ1v) is 5.90. The minimum Gasteiger partial charge on any atom is -0.312 e.